The first-order valence-electron chi connectivity index (χ1n) is 8.49. The van der Waals surface area contributed by atoms with Crippen molar-refractivity contribution in [1.29, 1.82) is 0 Å². The zero-order chi connectivity index (χ0) is 14.8. The SMILES string of the molecule is c1ccc(C(c2ccccc2)[C@@H]2CC[C@@H]3CN2CCN3)cc1. The third-order valence-corrected chi connectivity index (χ3v) is 5.27. The fourth-order valence-corrected chi connectivity index (χ4v) is 4.24. The van der Waals surface area contributed by atoms with Crippen molar-refractivity contribution in [2.45, 2.75) is 30.8 Å². The molecular formula is C20H24N2. The Bertz CT molecular complexity index is 556. The molecule has 0 spiro atoms. The minimum Gasteiger partial charge on any atom is -0.311 e. The average molecular weight is 292 g/mol. The fraction of sp³-hybridized carbons (Fsp3) is 0.400. The van der Waals surface area contributed by atoms with Gasteiger partial charge in [0.05, 0.1) is 0 Å². The number of hydrogen-bond donors (Lipinski definition) is 1. The normalized spacial score (nSPS) is 27.8. The molecule has 2 nitrogen and oxygen atoms in total. The van der Waals surface area contributed by atoms with Crippen LogP contribution in [0.4, 0.5) is 0 Å². The zero-order valence-corrected chi connectivity index (χ0v) is 13.0. The van der Waals surface area contributed by atoms with Crippen molar-refractivity contribution in [2.24, 2.45) is 0 Å². The van der Waals surface area contributed by atoms with Crippen molar-refractivity contribution in [2.75, 3.05) is 19.6 Å². The predicted octanol–water partition coefficient (Wildman–Crippen LogP) is 3.25. The molecule has 2 aromatic carbocycles. The number of benzene rings is 2. The summed E-state index contributed by atoms with van der Waals surface area (Å²) in [6, 6.07) is 23.5. The fourth-order valence-electron chi connectivity index (χ4n) is 4.24. The number of piperazine rings is 1. The molecule has 3 atom stereocenters. The summed E-state index contributed by atoms with van der Waals surface area (Å²) in [5.74, 6) is 0.487. The van der Waals surface area contributed by atoms with E-state index < -0.39 is 0 Å². The van der Waals surface area contributed by atoms with Gasteiger partial charge in [-0.15, -0.1) is 0 Å². The van der Waals surface area contributed by atoms with Crippen molar-refractivity contribution >= 4 is 0 Å². The molecule has 0 aromatic heterocycles. The number of piperidine rings is 1. The van der Waals surface area contributed by atoms with Gasteiger partial charge in [0, 0.05) is 37.6 Å². The molecular weight excluding hydrogens is 268 g/mol. The van der Waals surface area contributed by atoms with Crippen molar-refractivity contribution in [3.63, 3.8) is 0 Å². The highest BCUT2D eigenvalue weighted by Crippen LogP contribution is 2.36. The molecule has 2 aliphatic heterocycles. The van der Waals surface area contributed by atoms with E-state index in [1.807, 2.05) is 0 Å². The highest BCUT2D eigenvalue weighted by atomic mass is 15.2. The van der Waals surface area contributed by atoms with Crippen LogP contribution in [0, 0.1) is 0 Å². The van der Waals surface area contributed by atoms with Gasteiger partial charge in [-0.1, -0.05) is 60.7 Å². The lowest BCUT2D eigenvalue weighted by atomic mass is 9.79. The molecule has 0 aliphatic carbocycles. The van der Waals surface area contributed by atoms with Crippen molar-refractivity contribution in [3.8, 4) is 0 Å². The van der Waals surface area contributed by atoms with E-state index in [0.717, 1.165) is 6.54 Å². The van der Waals surface area contributed by atoms with E-state index in [1.165, 1.54) is 37.1 Å². The van der Waals surface area contributed by atoms with Crippen molar-refractivity contribution < 1.29 is 0 Å². The standard InChI is InChI=1S/C20H24N2/c1-3-7-16(8-4-1)20(17-9-5-2-6-10-17)19-12-11-18-15-22(19)14-13-21-18/h1-10,18-21H,11-15H2/t18-,19+/m1/s1. The summed E-state index contributed by atoms with van der Waals surface area (Å²) >= 11 is 0. The summed E-state index contributed by atoms with van der Waals surface area (Å²) in [6.07, 6.45) is 2.59. The van der Waals surface area contributed by atoms with Crippen LogP contribution in [-0.2, 0) is 0 Å². The van der Waals surface area contributed by atoms with Crippen LogP contribution in [0.2, 0.25) is 0 Å². The Kier molecular flexibility index (Phi) is 3.96. The Morgan fingerprint density at radius 1 is 0.864 bits per heavy atom. The first-order chi connectivity index (χ1) is 10.9. The third kappa shape index (κ3) is 2.69. The van der Waals surface area contributed by atoms with Gasteiger partial charge in [-0.05, 0) is 24.0 Å². The van der Waals surface area contributed by atoms with Gasteiger partial charge in [0.1, 0.15) is 0 Å². The Morgan fingerprint density at radius 2 is 1.50 bits per heavy atom. The van der Waals surface area contributed by atoms with Crippen LogP contribution < -0.4 is 5.32 Å². The van der Waals surface area contributed by atoms with Crippen LogP contribution in [0.3, 0.4) is 0 Å². The molecule has 22 heavy (non-hydrogen) atoms. The van der Waals surface area contributed by atoms with Crippen molar-refractivity contribution in [1.82, 2.24) is 10.2 Å². The first-order valence-corrected chi connectivity index (χ1v) is 8.49. The summed E-state index contributed by atoms with van der Waals surface area (Å²) in [6.45, 7) is 3.52. The van der Waals surface area contributed by atoms with Gasteiger partial charge in [0.25, 0.3) is 0 Å². The molecule has 2 fully saturated rings. The Labute approximate surface area is 133 Å². The Morgan fingerprint density at radius 3 is 2.14 bits per heavy atom. The lowest BCUT2D eigenvalue weighted by molar-refractivity contribution is 0.0810. The topological polar surface area (TPSA) is 15.3 Å². The lowest BCUT2D eigenvalue weighted by Gasteiger charge is -2.47. The largest absolute Gasteiger partial charge is 0.311 e. The molecule has 0 radical (unpaired) electrons. The second-order valence-corrected chi connectivity index (χ2v) is 6.59. The third-order valence-electron chi connectivity index (χ3n) is 5.27. The van der Waals surface area contributed by atoms with E-state index in [0.29, 0.717) is 18.0 Å². The van der Waals surface area contributed by atoms with E-state index in [2.05, 4.69) is 70.9 Å². The molecule has 2 heteroatoms. The molecule has 0 amide bonds. The lowest BCUT2D eigenvalue weighted by Crippen LogP contribution is -2.59. The van der Waals surface area contributed by atoms with Gasteiger partial charge in [-0.3, -0.25) is 4.90 Å². The van der Waals surface area contributed by atoms with Gasteiger partial charge >= 0.3 is 0 Å². The van der Waals surface area contributed by atoms with Crippen LogP contribution in [0.25, 0.3) is 0 Å². The minimum atomic E-state index is 0.487. The quantitative estimate of drug-likeness (QED) is 0.934. The summed E-state index contributed by atoms with van der Waals surface area (Å²) < 4.78 is 0. The van der Waals surface area contributed by atoms with E-state index in [-0.39, 0.29) is 0 Å². The first kappa shape index (κ1) is 14.0. The molecule has 2 saturated heterocycles. The highest BCUT2D eigenvalue weighted by molar-refractivity contribution is 5.34. The number of rotatable bonds is 3. The molecule has 1 unspecified atom stereocenters. The van der Waals surface area contributed by atoms with E-state index >= 15 is 0 Å². The Hall–Kier alpha value is -1.64. The number of nitrogens with zero attached hydrogens (tertiary/aromatic N) is 1. The highest BCUT2D eigenvalue weighted by Gasteiger charge is 2.36. The second-order valence-electron chi connectivity index (χ2n) is 6.59. The zero-order valence-electron chi connectivity index (χ0n) is 13.0. The van der Waals surface area contributed by atoms with E-state index in [1.54, 1.807) is 0 Å². The molecule has 2 aliphatic rings. The summed E-state index contributed by atoms with van der Waals surface area (Å²) in [4.78, 5) is 2.72. The molecule has 2 bridgehead atoms. The minimum absolute atomic E-state index is 0.487. The smallest absolute Gasteiger partial charge is 0.0245 e. The molecule has 114 valence electrons. The van der Waals surface area contributed by atoms with Crippen LogP contribution in [-0.4, -0.2) is 36.6 Å². The molecule has 4 rings (SSSR count). The monoisotopic (exact) mass is 292 g/mol. The van der Waals surface area contributed by atoms with Crippen LogP contribution in [0.5, 0.6) is 0 Å². The molecule has 1 N–H and O–H groups in total. The van der Waals surface area contributed by atoms with Gasteiger partial charge in [-0.25, -0.2) is 0 Å². The number of hydrogen-bond acceptors (Lipinski definition) is 2. The summed E-state index contributed by atoms with van der Waals surface area (Å²) in [5, 5.41) is 3.65. The van der Waals surface area contributed by atoms with Gasteiger partial charge < -0.3 is 5.32 Å². The maximum atomic E-state index is 3.65. The summed E-state index contributed by atoms with van der Waals surface area (Å²) in [7, 11) is 0. The maximum absolute atomic E-state index is 3.65. The maximum Gasteiger partial charge on any atom is 0.0245 e. The van der Waals surface area contributed by atoms with Crippen LogP contribution in [0.1, 0.15) is 29.9 Å². The van der Waals surface area contributed by atoms with Gasteiger partial charge in [0.2, 0.25) is 0 Å². The number of fused-ring (bicyclic) bond motifs is 2. The van der Waals surface area contributed by atoms with Crippen LogP contribution in [0.15, 0.2) is 60.7 Å². The number of nitrogens with one attached hydrogen (secondary N) is 1. The Balaban J connectivity index is 1.71. The van der Waals surface area contributed by atoms with Gasteiger partial charge in [-0.2, -0.15) is 0 Å². The molecule has 2 aromatic rings. The molecule has 2 heterocycles. The predicted molar refractivity (Wildman–Crippen MR) is 91.1 cm³/mol. The van der Waals surface area contributed by atoms with Crippen LogP contribution >= 0.6 is 0 Å². The second kappa shape index (κ2) is 6.23. The molecule has 0 saturated carbocycles. The average Bonchev–Trinajstić information content (AvgIpc) is 2.60. The van der Waals surface area contributed by atoms with E-state index in [9.17, 15) is 0 Å². The van der Waals surface area contributed by atoms with E-state index in [4.69, 9.17) is 0 Å². The van der Waals surface area contributed by atoms with Crippen molar-refractivity contribution in [3.05, 3.63) is 71.8 Å². The van der Waals surface area contributed by atoms with Gasteiger partial charge in [0.15, 0.2) is 0 Å². The summed E-state index contributed by atoms with van der Waals surface area (Å²) in [5.41, 5.74) is 2.91.